The molecule has 6 heteroatoms. The lowest BCUT2D eigenvalue weighted by molar-refractivity contribution is -0.249. The summed E-state index contributed by atoms with van der Waals surface area (Å²) in [6, 6.07) is 14.2. The molecule has 35 heavy (non-hydrogen) atoms. The fourth-order valence-corrected chi connectivity index (χ4v) is 4.14. The fraction of sp³-hybridized carbons (Fsp3) is 0.552. The molecule has 1 heterocycles. The van der Waals surface area contributed by atoms with Gasteiger partial charge < -0.3 is 23.7 Å². The van der Waals surface area contributed by atoms with Crippen molar-refractivity contribution in [2.75, 3.05) is 20.3 Å². The summed E-state index contributed by atoms with van der Waals surface area (Å²) in [5, 5.41) is 0. The van der Waals surface area contributed by atoms with Gasteiger partial charge in [0.1, 0.15) is 18.1 Å². The minimum atomic E-state index is -0.976. The van der Waals surface area contributed by atoms with Gasteiger partial charge in [-0.3, -0.25) is 0 Å². The van der Waals surface area contributed by atoms with Crippen LogP contribution in [0.3, 0.4) is 0 Å². The molecule has 0 N–H and O–H groups in total. The molecule has 0 spiro atoms. The van der Waals surface area contributed by atoms with E-state index in [1.165, 1.54) is 44.9 Å². The first-order valence-electron chi connectivity index (χ1n) is 12.8. The molecule has 1 fully saturated rings. The zero-order valence-electron chi connectivity index (χ0n) is 21.6. The number of methoxy groups -OCH3 is 1. The molecule has 0 aromatic heterocycles. The van der Waals surface area contributed by atoms with Gasteiger partial charge in [0.25, 0.3) is 0 Å². The summed E-state index contributed by atoms with van der Waals surface area (Å²) in [5.74, 6) is -0.921. The van der Waals surface area contributed by atoms with Crippen LogP contribution in [-0.4, -0.2) is 32.1 Å². The van der Waals surface area contributed by atoms with Crippen LogP contribution in [0.25, 0.3) is 0 Å². The number of hydrogen-bond acceptors (Lipinski definition) is 6. The predicted octanol–water partition coefficient (Wildman–Crippen LogP) is 7.01. The van der Waals surface area contributed by atoms with Crippen LogP contribution in [0, 0.1) is 0 Å². The SMILES string of the molecule is CCCCCCCCCCOc1ccc(C(=O)Oc2ccc([C@@]3(OC)COC(C)(C)O3)cc2)cc1. The molecule has 1 saturated heterocycles. The van der Waals surface area contributed by atoms with Gasteiger partial charge in [0.2, 0.25) is 5.79 Å². The van der Waals surface area contributed by atoms with Crippen LogP contribution in [0.5, 0.6) is 11.5 Å². The summed E-state index contributed by atoms with van der Waals surface area (Å²) in [5.41, 5.74) is 1.26. The van der Waals surface area contributed by atoms with Crippen molar-refractivity contribution in [1.29, 1.82) is 0 Å². The van der Waals surface area contributed by atoms with E-state index >= 15 is 0 Å². The number of carbonyl (C=O) groups excluding carboxylic acids is 1. The van der Waals surface area contributed by atoms with Crippen molar-refractivity contribution in [3.05, 3.63) is 59.7 Å². The number of benzene rings is 2. The number of carbonyl (C=O) groups is 1. The summed E-state index contributed by atoms with van der Waals surface area (Å²) in [7, 11) is 1.58. The van der Waals surface area contributed by atoms with Crippen molar-refractivity contribution in [3.8, 4) is 11.5 Å². The Labute approximate surface area is 209 Å². The molecular formula is C29H40O6. The fourth-order valence-electron chi connectivity index (χ4n) is 4.14. The Morgan fingerprint density at radius 2 is 1.46 bits per heavy atom. The van der Waals surface area contributed by atoms with Crippen molar-refractivity contribution in [2.24, 2.45) is 0 Å². The summed E-state index contributed by atoms with van der Waals surface area (Å²) in [6.45, 7) is 6.91. The van der Waals surface area contributed by atoms with Gasteiger partial charge in [0.05, 0.1) is 12.2 Å². The third-order valence-electron chi connectivity index (χ3n) is 6.21. The third-order valence-corrected chi connectivity index (χ3v) is 6.21. The molecule has 6 nitrogen and oxygen atoms in total. The van der Waals surface area contributed by atoms with Gasteiger partial charge in [0, 0.05) is 12.7 Å². The quantitative estimate of drug-likeness (QED) is 0.163. The molecule has 192 valence electrons. The molecule has 1 aliphatic heterocycles. The molecule has 2 aromatic carbocycles. The smallest absolute Gasteiger partial charge is 0.343 e. The number of ether oxygens (including phenoxy) is 5. The predicted molar refractivity (Wildman–Crippen MR) is 136 cm³/mol. The first-order valence-corrected chi connectivity index (χ1v) is 12.8. The van der Waals surface area contributed by atoms with Gasteiger partial charge in [-0.1, -0.05) is 51.9 Å². The number of hydrogen-bond donors (Lipinski definition) is 0. The minimum absolute atomic E-state index is 0.281. The van der Waals surface area contributed by atoms with E-state index in [2.05, 4.69) is 6.92 Å². The second-order valence-corrected chi connectivity index (χ2v) is 9.51. The molecule has 1 aliphatic rings. The second-order valence-electron chi connectivity index (χ2n) is 9.51. The first kappa shape index (κ1) is 27.2. The van der Waals surface area contributed by atoms with E-state index in [-0.39, 0.29) is 6.61 Å². The van der Waals surface area contributed by atoms with Gasteiger partial charge >= 0.3 is 5.97 Å². The largest absolute Gasteiger partial charge is 0.494 e. The average Bonchev–Trinajstić information content (AvgIpc) is 3.19. The van der Waals surface area contributed by atoms with Crippen molar-refractivity contribution in [2.45, 2.75) is 83.7 Å². The molecule has 0 radical (unpaired) electrons. The van der Waals surface area contributed by atoms with Crippen molar-refractivity contribution < 1.29 is 28.5 Å². The zero-order chi connectivity index (χ0) is 25.2. The Balaban J connectivity index is 1.42. The van der Waals surface area contributed by atoms with E-state index in [1.54, 1.807) is 31.4 Å². The standard InChI is InChI=1S/C29H40O6/c1-5-6-7-8-9-10-11-12-21-32-25-17-13-23(14-18-25)27(30)34-26-19-15-24(16-20-26)29(31-4)22-33-28(2,3)35-29/h13-20H,5-12,21-22H2,1-4H3/t29-/m1/s1. The van der Waals surface area contributed by atoms with Crippen molar-refractivity contribution in [1.82, 2.24) is 0 Å². The second kappa shape index (κ2) is 13.1. The lowest BCUT2D eigenvalue weighted by Crippen LogP contribution is -2.33. The van der Waals surface area contributed by atoms with Crippen LogP contribution in [-0.2, 0) is 20.0 Å². The van der Waals surface area contributed by atoms with Gasteiger partial charge in [-0.25, -0.2) is 4.79 Å². The molecule has 2 aromatic rings. The number of rotatable bonds is 14. The van der Waals surface area contributed by atoms with Crippen LogP contribution >= 0.6 is 0 Å². The molecule has 0 aliphatic carbocycles. The lowest BCUT2D eigenvalue weighted by atomic mass is 10.1. The number of esters is 1. The van der Waals surface area contributed by atoms with Crippen LogP contribution in [0.2, 0.25) is 0 Å². The highest BCUT2D eigenvalue weighted by molar-refractivity contribution is 5.91. The van der Waals surface area contributed by atoms with Crippen LogP contribution in [0.4, 0.5) is 0 Å². The van der Waals surface area contributed by atoms with E-state index < -0.39 is 17.5 Å². The minimum Gasteiger partial charge on any atom is -0.494 e. The van der Waals surface area contributed by atoms with Gasteiger partial charge in [-0.15, -0.1) is 0 Å². The van der Waals surface area contributed by atoms with E-state index in [1.807, 2.05) is 38.1 Å². The topological polar surface area (TPSA) is 63.2 Å². The molecular weight excluding hydrogens is 444 g/mol. The highest BCUT2D eigenvalue weighted by atomic mass is 16.8. The third kappa shape index (κ3) is 8.06. The first-order chi connectivity index (χ1) is 16.9. The lowest BCUT2D eigenvalue weighted by Gasteiger charge is -2.28. The van der Waals surface area contributed by atoms with E-state index in [0.717, 1.165) is 17.7 Å². The molecule has 0 amide bonds. The maximum Gasteiger partial charge on any atom is 0.343 e. The molecule has 3 rings (SSSR count). The summed E-state index contributed by atoms with van der Waals surface area (Å²) in [6.07, 6.45) is 10.1. The van der Waals surface area contributed by atoms with Crippen LogP contribution < -0.4 is 9.47 Å². The molecule has 0 saturated carbocycles. The monoisotopic (exact) mass is 484 g/mol. The number of unbranched alkanes of at least 4 members (excludes halogenated alkanes) is 7. The highest BCUT2D eigenvalue weighted by Gasteiger charge is 2.47. The Morgan fingerprint density at radius 1 is 0.857 bits per heavy atom. The Kier molecular flexibility index (Phi) is 10.1. The van der Waals surface area contributed by atoms with E-state index in [4.69, 9.17) is 23.7 Å². The summed E-state index contributed by atoms with van der Waals surface area (Å²) < 4.78 is 28.6. The van der Waals surface area contributed by atoms with E-state index in [9.17, 15) is 4.79 Å². The molecule has 0 bridgehead atoms. The van der Waals surface area contributed by atoms with Crippen molar-refractivity contribution in [3.63, 3.8) is 0 Å². The maximum atomic E-state index is 12.6. The maximum absolute atomic E-state index is 12.6. The zero-order valence-corrected chi connectivity index (χ0v) is 21.6. The summed E-state index contributed by atoms with van der Waals surface area (Å²) in [4.78, 5) is 12.6. The molecule has 0 unspecified atom stereocenters. The van der Waals surface area contributed by atoms with Gasteiger partial charge in [-0.05, 0) is 68.8 Å². The average molecular weight is 485 g/mol. The Bertz CT molecular complexity index is 906. The Hall–Kier alpha value is -2.41. The van der Waals surface area contributed by atoms with Gasteiger partial charge in [0.15, 0.2) is 5.79 Å². The van der Waals surface area contributed by atoms with E-state index in [0.29, 0.717) is 17.9 Å². The van der Waals surface area contributed by atoms with Crippen molar-refractivity contribution >= 4 is 5.97 Å². The van der Waals surface area contributed by atoms with Crippen LogP contribution in [0.1, 0.15) is 88.1 Å². The molecule has 1 atom stereocenters. The normalized spacial score (nSPS) is 19.0. The summed E-state index contributed by atoms with van der Waals surface area (Å²) >= 11 is 0. The van der Waals surface area contributed by atoms with Gasteiger partial charge in [-0.2, -0.15) is 0 Å². The highest BCUT2D eigenvalue weighted by Crippen LogP contribution is 2.39. The van der Waals surface area contributed by atoms with Crippen LogP contribution in [0.15, 0.2) is 48.5 Å². The Morgan fingerprint density at radius 3 is 2.03 bits per heavy atom.